The van der Waals surface area contributed by atoms with Crippen molar-refractivity contribution in [3.63, 3.8) is 0 Å². The molecule has 0 heterocycles. The van der Waals surface area contributed by atoms with Crippen LogP contribution in [0, 0.1) is 0 Å². The molecule has 3 N–H and O–H groups in total. The van der Waals surface area contributed by atoms with Crippen molar-refractivity contribution in [1.82, 2.24) is 5.32 Å². The molecule has 0 bridgehead atoms. The third-order valence-corrected chi connectivity index (χ3v) is 0.612. The van der Waals surface area contributed by atoms with Crippen LogP contribution in [0.2, 0.25) is 0 Å². The van der Waals surface area contributed by atoms with E-state index >= 15 is 0 Å². The molecule has 64 valence electrons. The van der Waals surface area contributed by atoms with Gasteiger partial charge in [-0.05, 0) is 27.7 Å². The minimum atomic E-state index is -1.02. The standard InChI is InChI=1S/C6H15NO2.FH/c1-5(2,8)7-6(3,4)9;/h7-9H,1-4H3;1H. The van der Waals surface area contributed by atoms with Gasteiger partial charge in [-0.15, -0.1) is 0 Å². The van der Waals surface area contributed by atoms with Crippen LogP contribution in [-0.4, -0.2) is 21.7 Å². The first kappa shape index (κ1) is 12.5. The van der Waals surface area contributed by atoms with Gasteiger partial charge in [0.1, 0.15) is 11.4 Å². The second-order valence-electron chi connectivity index (χ2n) is 3.24. The van der Waals surface area contributed by atoms with Gasteiger partial charge < -0.3 is 10.2 Å². The maximum atomic E-state index is 9.08. The average molecular weight is 153 g/mol. The Morgan fingerprint density at radius 3 is 1.10 bits per heavy atom. The van der Waals surface area contributed by atoms with Gasteiger partial charge in [-0.3, -0.25) is 10.0 Å². The predicted octanol–water partition coefficient (Wildman–Crippen LogP) is 0.185. The topological polar surface area (TPSA) is 52.5 Å². The largest absolute Gasteiger partial charge is 0.376 e. The molecule has 10 heavy (non-hydrogen) atoms. The second kappa shape index (κ2) is 3.27. The van der Waals surface area contributed by atoms with Crippen LogP contribution < -0.4 is 5.32 Å². The third-order valence-electron chi connectivity index (χ3n) is 0.612. The van der Waals surface area contributed by atoms with Crippen LogP contribution in [0.4, 0.5) is 4.70 Å². The van der Waals surface area contributed by atoms with Crippen molar-refractivity contribution in [1.29, 1.82) is 0 Å². The lowest BCUT2D eigenvalue weighted by atomic mass is 10.2. The molecule has 0 aromatic carbocycles. The Morgan fingerprint density at radius 2 is 1.10 bits per heavy atom. The highest BCUT2D eigenvalue weighted by molar-refractivity contribution is 4.70. The second-order valence-corrected chi connectivity index (χ2v) is 3.24. The first-order valence-corrected chi connectivity index (χ1v) is 2.95. The molecule has 0 fully saturated rings. The summed E-state index contributed by atoms with van der Waals surface area (Å²) in [6.07, 6.45) is 0. The molecule has 4 heteroatoms. The Kier molecular flexibility index (Phi) is 4.09. The van der Waals surface area contributed by atoms with Gasteiger partial charge in [-0.2, -0.15) is 0 Å². The van der Waals surface area contributed by atoms with E-state index in [0.717, 1.165) is 0 Å². The lowest BCUT2D eigenvalue weighted by Crippen LogP contribution is -2.51. The summed E-state index contributed by atoms with van der Waals surface area (Å²) in [5.74, 6) is 0. The van der Waals surface area contributed by atoms with Crippen molar-refractivity contribution in [2.75, 3.05) is 0 Å². The smallest absolute Gasteiger partial charge is 0.112 e. The molecule has 0 aromatic heterocycles. The van der Waals surface area contributed by atoms with Crippen LogP contribution in [0.15, 0.2) is 0 Å². The van der Waals surface area contributed by atoms with Crippen LogP contribution in [-0.2, 0) is 0 Å². The third kappa shape index (κ3) is 10.7. The van der Waals surface area contributed by atoms with E-state index in [0.29, 0.717) is 0 Å². The molecule has 0 amide bonds. The monoisotopic (exact) mass is 153 g/mol. The number of rotatable bonds is 2. The van der Waals surface area contributed by atoms with Gasteiger partial charge in [0.05, 0.1) is 0 Å². The zero-order valence-electron chi connectivity index (χ0n) is 6.80. The molecule has 0 saturated carbocycles. The van der Waals surface area contributed by atoms with Gasteiger partial charge in [-0.25, -0.2) is 0 Å². The molecule has 0 spiro atoms. The molecule has 0 unspecified atom stereocenters. The van der Waals surface area contributed by atoms with E-state index in [1.807, 2.05) is 0 Å². The number of halogens is 1. The Bertz CT molecular complexity index is 80.9. The highest BCUT2D eigenvalue weighted by Crippen LogP contribution is 2.03. The van der Waals surface area contributed by atoms with Crippen molar-refractivity contribution >= 4 is 0 Å². The minimum Gasteiger partial charge on any atom is -0.376 e. The van der Waals surface area contributed by atoms with E-state index in [-0.39, 0.29) is 4.70 Å². The van der Waals surface area contributed by atoms with Gasteiger partial charge in [0.2, 0.25) is 0 Å². The number of aliphatic hydroxyl groups is 2. The van der Waals surface area contributed by atoms with E-state index in [2.05, 4.69) is 5.32 Å². The minimum absolute atomic E-state index is 0. The van der Waals surface area contributed by atoms with E-state index < -0.39 is 11.4 Å². The predicted molar refractivity (Wildman–Crippen MR) is 38.2 cm³/mol. The summed E-state index contributed by atoms with van der Waals surface area (Å²) in [5.41, 5.74) is -2.03. The molecule has 0 aliphatic heterocycles. The number of nitrogens with one attached hydrogen (secondary N) is 1. The first-order valence-electron chi connectivity index (χ1n) is 2.95. The molecule has 0 aromatic rings. The zero-order chi connectivity index (χ0) is 7.71. The lowest BCUT2D eigenvalue weighted by Gasteiger charge is -2.28. The van der Waals surface area contributed by atoms with E-state index in [1.165, 1.54) is 0 Å². The fraction of sp³-hybridized carbons (Fsp3) is 1.00. The van der Waals surface area contributed by atoms with E-state index in [1.54, 1.807) is 27.7 Å². The van der Waals surface area contributed by atoms with Crippen molar-refractivity contribution in [3.05, 3.63) is 0 Å². The van der Waals surface area contributed by atoms with Crippen molar-refractivity contribution in [3.8, 4) is 0 Å². The summed E-state index contributed by atoms with van der Waals surface area (Å²) in [4.78, 5) is 0. The molecule has 0 aliphatic rings. The van der Waals surface area contributed by atoms with Crippen LogP contribution >= 0.6 is 0 Å². The normalized spacial score (nSPS) is 12.6. The Labute approximate surface area is 60.4 Å². The van der Waals surface area contributed by atoms with Gasteiger partial charge in [0, 0.05) is 0 Å². The average Bonchev–Trinajstić information content (AvgIpc) is 1.14. The summed E-state index contributed by atoms with van der Waals surface area (Å²) in [7, 11) is 0. The van der Waals surface area contributed by atoms with E-state index in [4.69, 9.17) is 10.2 Å². The molecule has 0 aliphatic carbocycles. The summed E-state index contributed by atoms with van der Waals surface area (Å²) < 4.78 is 0. The van der Waals surface area contributed by atoms with E-state index in [9.17, 15) is 0 Å². The van der Waals surface area contributed by atoms with Gasteiger partial charge in [-0.1, -0.05) is 0 Å². The molecule has 3 nitrogen and oxygen atoms in total. The molecule has 0 radical (unpaired) electrons. The molecular weight excluding hydrogens is 137 g/mol. The molecule has 0 rings (SSSR count). The molecular formula is C6H16FNO2. The Balaban J connectivity index is 0. The van der Waals surface area contributed by atoms with Gasteiger partial charge in [0.15, 0.2) is 0 Å². The highest BCUT2D eigenvalue weighted by atomic mass is 19.0. The number of hydrogen-bond donors (Lipinski definition) is 3. The van der Waals surface area contributed by atoms with Crippen molar-refractivity contribution < 1.29 is 14.9 Å². The van der Waals surface area contributed by atoms with Crippen molar-refractivity contribution in [2.24, 2.45) is 0 Å². The number of hydrogen-bond acceptors (Lipinski definition) is 3. The molecule has 0 saturated heterocycles. The Hall–Kier alpha value is -0.190. The maximum Gasteiger partial charge on any atom is 0.112 e. The fourth-order valence-corrected chi connectivity index (χ4v) is 0.749. The summed E-state index contributed by atoms with van der Waals surface area (Å²) in [6, 6.07) is 0. The fourth-order valence-electron chi connectivity index (χ4n) is 0.749. The van der Waals surface area contributed by atoms with Crippen molar-refractivity contribution in [2.45, 2.75) is 39.1 Å². The van der Waals surface area contributed by atoms with Gasteiger partial charge in [0.25, 0.3) is 0 Å². The summed E-state index contributed by atoms with van der Waals surface area (Å²) >= 11 is 0. The van der Waals surface area contributed by atoms with Gasteiger partial charge >= 0.3 is 0 Å². The zero-order valence-corrected chi connectivity index (χ0v) is 6.80. The van der Waals surface area contributed by atoms with Crippen LogP contribution in [0.5, 0.6) is 0 Å². The summed E-state index contributed by atoms with van der Waals surface area (Å²) in [6.45, 7) is 6.30. The Morgan fingerprint density at radius 1 is 0.900 bits per heavy atom. The first-order chi connectivity index (χ1) is 3.71. The maximum absolute atomic E-state index is 9.08. The quantitative estimate of drug-likeness (QED) is 0.496. The SMILES string of the molecule is CC(C)(O)NC(C)(C)O.F. The summed E-state index contributed by atoms with van der Waals surface area (Å²) in [5, 5.41) is 20.7. The van der Waals surface area contributed by atoms with Crippen LogP contribution in [0.25, 0.3) is 0 Å². The van der Waals surface area contributed by atoms with Crippen LogP contribution in [0.1, 0.15) is 27.7 Å². The van der Waals surface area contributed by atoms with Crippen LogP contribution in [0.3, 0.4) is 0 Å². The molecule has 0 atom stereocenters. The highest BCUT2D eigenvalue weighted by Gasteiger charge is 2.21. The lowest BCUT2D eigenvalue weighted by molar-refractivity contribution is -0.0634.